The SMILES string of the molecule is CC(=O)O[C@H](C)c1ccc2ccc(/C=C/C(C)(C)[C@@H](N[C@H](C(=O)N[C@@H](C)C(=O)N3CCN[C@H](C(=O)OCC(Cl)(Cl)Cl)C3)C(C)C)C(F)(F)F)cc2n1. The molecule has 0 radical (unpaired) electrons. The summed E-state index contributed by atoms with van der Waals surface area (Å²) in [5.41, 5.74) is 0.126. The molecule has 5 atom stereocenters. The molecule has 3 rings (SSSR count). The molecule has 0 unspecified atom stereocenters. The Hall–Kier alpha value is -3.17. The molecule has 0 bridgehead atoms. The highest BCUT2D eigenvalue weighted by atomic mass is 35.6. The minimum Gasteiger partial charge on any atom is -0.460 e. The number of hydrogen-bond acceptors (Lipinski definition) is 9. The third-order valence-electron chi connectivity index (χ3n) is 8.45. The van der Waals surface area contributed by atoms with E-state index < -0.39 is 81.9 Å². The molecule has 0 saturated carbocycles. The van der Waals surface area contributed by atoms with Crippen LogP contribution in [0, 0.1) is 11.3 Å². The number of halogens is 6. The van der Waals surface area contributed by atoms with Gasteiger partial charge in [-0.25, -0.2) is 4.98 Å². The summed E-state index contributed by atoms with van der Waals surface area (Å²) in [7, 11) is 0. The second kappa shape index (κ2) is 17.8. The number of piperazine rings is 1. The van der Waals surface area contributed by atoms with E-state index in [0.29, 0.717) is 16.8 Å². The van der Waals surface area contributed by atoms with Crippen molar-refractivity contribution in [2.45, 2.75) is 88.7 Å². The number of amides is 2. The number of fused-ring (bicyclic) bond motifs is 1. The fourth-order valence-electron chi connectivity index (χ4n) is 5.68. The molecular weight excluding hydrogens is 750 g/mol. The first-order valence-electron chi connectivity index (χ1n) is 16.6. The van der Waals surface area contributed by atoms with Crippen LogP contribution in [0.3, 0.4) is 0 Å². The van der Waals surface area contributed by atoms with Crippen LogP contribution in [0.4, 0.5) is 13.2 Å². The Bertz CT molecular complexity index is 1640. The largest absolute Gasteiger partial charge is 0.460 e. The van der Waals surface area contributed by atoms with Crippen LogP contribution in [-0.2, 0) is 28.7 Å². The standard InChI is InChI=1S/C35H45Cl3F3N5O6/c1-19(2)28(29(48)43-20(3)30(49)46-15-14-42-27(17-46)31(50)51-18-34(36,37)38)45-32(35(39,40)41)33(6,7)13-12-23-8-9-24-10-11-25(44-26(24)16-23)21(4)52-22(5)47/h8-13,16,19-21,27-28,32,42,45H,14-15,17-18H2,1-7H3,(H,43,48)/b13-12+/t20-,21+,27-,28-,32+/m0/s1. The first kappa shape index (κ1) is 43.2. The molecule has 2 amide bonds. The van der Waals surface area contributed by atoms with Crippen molar-refractivity contribution in [3.05, 3.63) is 47.7 Å². The minimum atomic E-state index is -4.77. The Morgan fingerprint density at radius 1 is 1.08 bits per heavy atom. The van der Waals surface area contributed by atoms with Crippen LogP contribution in [0.25, 0.3) is 17.0 Å². The summed E-state index contributed by atoms with van der Waals surface area (Å²) < 4.78 is 52.5. The number of carbonyl (C=O) groups excluding carboxylic acids is 4. The van der Waals surface area contributed by atoms with E-state index in [1.165, 1.54) is 38.7 Å². The van der Waals surface area contributed by atoms with Gasteiger partial charge in [0.1, 0.15) is 30.8 Å². The predicted molar refractivity (Wildman–Crippen MR) is 194 cm³/mol. The summed E-state index contributed by atoms with van der Waals surface area (Å²) in [6.45, 7) is 10.3. The zero-order chi connectivity index (χ0) is 39.2. The lowest BCUT2D eigenvalue weighted by molar-refractivity contribution is -0.177. The summed E-state index contributed by atoms with van der Waals surface area (Å²) >= 11 is 16.9. The smallest absolute Gasteiger partial charge is 0.404 e. The summed E-state index contributed by atoms with van der Waals surface area (Å²) in [6, 6.07) is 3.28. The number of carbonyl (C=O) groups is 4. The lowest BCUT2D eigenvalue weighted by atomic mass is 9.82. The van der Waals surface area contributed by atoms with Crippen LogP contribution in [0.15, 0.2) is 36.4 Å². The average Bonchev–Trinajstić information content (AvgIpc) is 3.04. The van der Waals surface area contributed by atoms with Crippen molar-refractivity contribution in [2.75, 3.05) is 26.2 Å². The molecule has 17 heteroatoms. The number of pyridine rings is 1. The van der Waals surface area contributed by atoms with Crippen molar-refractivity contribution in [1.29, 1.82) is 0 Å². The molecule has 288 valence electrons. The van der Waals surface area contributed by atoms with Crippen LogP contribution >= 0.6 is 34.8 Å². The number of esters is 2. The maximum atomic E-state index is 14.7. The molecule has 1 aliphatic rings. The van der Waals surface area contributed by atoms with Crippen LogP contribution in [0.5, 0.6) is 0 Å². The van der Waals surface area contributed by atoms with Crippen molar-refractivity contribution < 1.29 is 41.8 Å². The highest BCUT2D eigenvalue weighted by Crippen LogP contribution is 2.36. The molecule has 2 heterocycles. The van der Waals surface area contributed by atoms with Crippen molar-refractivity contribution >= 4 is 75.5 Å². The van der Waals surface area contributed by atoms with Gasteiger partial charge in [0.05, 0.1) is 17.3 Å². The number of alkyl halides is 6. The number of benzene rings is 1. The van der Waals surface area contributed by atoms with E-state index in [1.54, 1.807) is 51.1 Å². The van der Waals surface area contributed by atoms with Gasteiger partial charge in [0.2, 0.25) is 15.6 Å². The number of nitrogens with zero attached hydrogens (tertiary/aromatic N) is 2. The van der Waals surface area contributed by atoms with Gasteiger partial charge < -0.3 is 25.0 Å². The number of nitrogens with one attached hydrogen (secondary N) is 3. The van der Waals surface area contributed by atoms with Crippen LogP contribution in [0.2, 0.25) is 0 Å². The van der Waals surface area contributed by atoms with Crippen molar-refractivity contribution in [3.63, 3.8) is 0 Å². The van der Waals surface area contributed by atoms with E-state index in [9.17, 15) is 32.3 Å². The number of hydrogen-bond donors (Lipinski definition) is 3. The van der Waals surface area contributed by atoms with Crippen molar-refractivity contribution in [3.8, 4) is 0 Å². The first-order valence-corrected chi connectivity index (χ1v) is 17.8. The fourth-order valence-corrected chi connectivity index (χ4v) is 5.84. The van der Waals surface area contributed by atoms with Gasteiger partial charge in [0.15, 0.2) is 0 Å². The highest BCUT2D eigenvalue weighted by molar-refractivity contribution is 6.67. The second-order valence-electron chi connectivity index (χ2n) is 13.7. The third kappa shape index (κ3) is 12.5. The number of ether oxygens (including phenoxy) is 2. The van der Waals surface area contributed by atoms with Gasteiger partial charge in [-0.15, -0.1) is 0 Å². The van der Waals surface area contributed by atoms with Crippen LogP contribution < -0.4 is 16.0 Å². The van der Waals surface area contributed by atoms with Crippen molar-refractivity contribution in [1.82, 2.24) is 25.8 Å². The van der Waals surface area contributed by atoms with E-state index in [4.69, 9.17) is 44.3 Å². The normalized spacial score (nSPS) is 18.2. The molecule has 2 aromatic rings. The van der Waals surface area contributed by atoms with Gasteiger partial charge in [-0.2, -0.15) is 13.2 Å². The van der Waals surface area contributed by atoms with Gasteiger partial charge in [0, 0.05) is 37.4 Å². The predicted octanol–water partition coefficient (Wildman–Crippen LogP) is 5.66. The van der Waals surface area contributed by atoms with Crippen LogP contribution in [-0.4, -0.2) is 94.0 Å². The van der Waals surface area contributed by atoms with E-state index in [2.05, 4.69) is 20.9 Å². The Morgan fingerprint density at radius 3 is 2.33 bits per heavy atom. The minimum absolute atomic E-state index is 0.0951. The summed E-state index contributed by atoms with van der Waals surface area (Å²) in [5.74, 6) is -3.12. The molecule has 0 aliphatic carbocycles. The molecule has 52 heavy (non-hydrogen) atoms. The van der Waals surface area contributed by atoms with E-state index in [1.807, 2.05) is 6.07 Å². The number of rotatable bonds is 13. The van der Waals surface area contributed by atoms with Gasteiger partial charge >= 0.3 is 18.1 Å². The maximum absolute atomic E-state index is 14.7. The van der Waals surface area contributed by atoms with Crippen LogP contribution in [0.1, 0.15) is 65.8 Å². The zero-order valence-corrected chi connectivity index (χ0v) is 32.2. The van der Waals surface area contributed by atoms with Gasteiger partial charge in [-0.1, -0.05) is 92.8 Å². The van der Waals surface area contributed by atoms with Crippen molar-refractivity contribution in [2.24, 2.45) is 11.3 Å². The Balaban J connectivity index is 1.74. The van der Waals surface area contributed by atoms with Gasteiger partial charge in [-0.05, 0) is 37.5 Å². The van der Waals surface area contributed by atoms with Gasteiger partial charge in [0.25, 0.3) is 0 Å². The molecular formula is C35H45Cl3F3N5O6. The Morgan fingerprint density at radius 2 is 1.73 bits per heavy atom. The first-order chi connectivity index (χ1) is 24.0. The quantitative estimate of drug-likeness (QED) is 0.173. The Labute approximate surface area is 316 Å². The van der Waals surface area contributed by atoms with E-state index in [0.717, 1.165) is 5.39 Å². The Kier molecular flexibility index (Phi) is 14.8. The molecule has 1 aromatic carbocycles. The zero-order valence-electron chi connectivity index (χ0n) is 29.9. The molecule has 1 aromatic heterocycles. The average molecular weight is 795 g/mol. The summed E-state index contributed by atoms with van der Waals surface area (Å²) in [6.07, 6.45) is -2.37. The third-order valence-corrected chi connectivity index (χ3v) is 8.78. The second-order valence-corrected chi connectivity index (χ2v) is 16.2. The van der Waals surface area contributed by atoms with Gasteiger partial charge in [-0.3, -0.25) is 24.5 Å². The molecule has 11 nitrogen and oxygen atoms in total. The number of aromatic nitrogens is 1. The topological polar surface area (TPSA) is 139 Å². The highest BCUT2D eigenvalue weighted by Gasteiger charge is 2.50. The summed E-state index contributed by atoms with van der Waals surface area (Å²) in [5, 5.41) is 8.80. The summed E-state index contributed by atoms with van der Waals surface area (Å²) in [4.78, 5) is 56.5. The lowest BCUT2D eigenvalue weighted by Gasteiger charge is -2.38. The molecule has 1 fully saturated rings. The van der Waals surface area contributed by atoms with E-state index >= 15 is 0 Å². The van der Waals surface area contributed by atoms with E-state index in [-0.39, 0.29) is 19.6 Å². The molecule has 1 aliphatic heterocycles. The monoisotopic (exact) mass is 793 g/mol. The molecule has 3 N–H and O–H groups in total. The maximum Gasteiger partial charge on any atom is 0.404 e. The molecule has 0 spiro atoms. The fraction of sp³-hybridized carbons (Fsp3) is 0.571. The molecule has 1 saturated heterocycles. The lowest BCUT2D eigenvalue weighted by Crippen LogP contribution is -2.62.